The summed E-state index contributed by atoms with van der Waals surface area (Å²) >= 11 is 1.02. The number of nitrogens with zero attached hydrogens (tertiary/aromatic N) is 1. The van der Waals surface area contributed by atoms with E-state index in [9.17, 15) is 17.6 Å². The van der Waals surface area contributed by atoms with E-state index in [0.29, 0.717) is 23.5 Å². The van der Waals surface area contributed by atoms with Gasteiger partial charge in [-0.2, -0.15) is 8.42 Å². The average molecular weight is 417 g/mol. The molecule has 144 valence electrons. The van der Waals surface area contributed by atoms with Gasteiger partial charge in [0.15, 0.2) is 0 Å². The molecule has 2 aromatic carbocycles. The maximum Gasteiger partial charge on any atom is 0.280 e. The third-order valence-electron chi connectivity index (χ3n) is 4.49. The van der Waals surface area contributed by atoms with Crippen molar-refractivity contribution in [3.05, 3.63) is 76.9 Å². The van der Waals surface area contributed by atoms with Crippen molar-refractivity contribution in [2.45, 2.75) is 17.1 Å². The van der Waals surface area contributed by atoms with E-state index in [0.717, 1.165) is 21.7 Å². The topological polar surface area (TPSA) is 63.7 Å². The third-order valence-corrected chi connectivity index (χ3v) is 7.57. The first-order valence-corrected chi connectivity index (χ1v) is 10.9. The highest BCUT2D eigenvalue weighted by atomic mass is 32.2. The standard InChI is InChI=1S/C20H16FNO4S2/c1-2-26-17-7-4-3-6-14(17)19-15-12-13(21)9-10-16(15)22(20(19)23)28(24,25)18-8-5-11-27-18/h3-12,19H,2H2,1H3. The lowest BCUT2D eigenvalue weighted by atomic mass is 9.92. The number of hydrogen-bond acceptors (Lipinski definition) is 5. The minimum atomic E-state index is -4.10. The molecule has 0 fully saturated rings. The van der Waals surface area contributed by atoms with Crippen LogP contribution in [0.25, 0.3) is 0 Å². The summed E-state index contributed by atoms with van der Waals surface area (Å²) in [6.45, 7) is 2.19. The van der Waals surface area contributed by atoms with Crippen LogP contribution in [0.4, 0.5) is 10.1 Å². The molecule has 0 spiro atoms. The zero-order chi connectivity index (χ0) is 19.9. The average Bonchev–Trinajstić information content (AvgIpc) is 3.29. The van der Waals surface area contributed by atoms with E-state index in [4.69, 9.17) is 4.74 Å². The number of carbonyl (C=O) groups excluding carboxylic acids is 1. The summed E-state index contributed by atoms with van der Waals surface area (Å²) in [4.78, 5) is 13.3. The van der Waals surface area contributed by atoms with Crippen molar-refractivity contribution < 1.29 is 22.3 Å². The van der Waals surface area contributed by atoms with Gasteiger partial charge in [0.1, 0.15) is 15.8 Å². The fourth-order valence-electron chi connectivity index (χ4n) is 3.37. The lowest BCUT2D eigenvalue weighted by molar-refractivity contribution is -0.117. The highest BCUT2D eigenvalue weighted by Crippen LogP contribution is 2.46. The Morgan fingerprint density at radius 1 is 1.11 bits per heavy atom. The summed E-state index contributed by atoms with van der Waals surface area (Å²) in [5.74, 6) is -1.70. The first-order valence-electron chi connectivity index (χ1n) is 8.59. The van der Waals surface area contributed by atoms with Gasteiger partial charge in [0.25, 0.3) is 15.9 Å². The first kappa shape index (κ1) is 18.6. The number of amides is 1. The zero-order valence-electron chi connectivity index (χ0n) is 14.8. The number of benzene rings is 2. The Labute approximate surface area is 166 Å². The van der Waals surface area contributed by atoms with E-state index in [1.54, 1.807) is 35.7 Å². The van der Waals surface area contributed by atoms with Gasteiger partial charge in [-0.05, 0) is 48.2 Å². The molecular formula is C20H16FNO4S2. The van der Waals surface area contributed by atoms with E-state index in [-0.39, 0.29) is 9.90 Å². The Hall–Kier alpha value is -2.71. The van der Waals surface area contributed by atoms with Crippen LogP contribution in [-0.2, 0) is 14.8 Å². The number of ether oxygens (including phenoxy) is 1. The van der Waals surface area contributed by atoms with Crippen LogP contribution in [0, 0.1) is 5.82 Å². The van der Waals surface area contributed by atoms with Gasteiger partial charge in [-0.15, -0.1) is 11.3 Å². The van der Waals surface area contributed by atoms with Crippen LogP contribution in [0.3, 0.4) is 0 Å². The number of hydrogen-bond donors (Lipinski definition) is 0. The van der Waals surface area contributed by atoms with Gasteiger partial charge in [0, 0.05) is 5.56 Å². The van der Waals surface area contributed by atoms with Crippen molar-refractivity contribution in [3.8, 4) is 5.75 Å². The van der Waals surface area contributed by atoms with E-state index in [1.807, 2.05) is 6.92 Å². The summed E-state index contributed by atoms with van der Waals surface area (Å²) in [7, 11) is -4.10. The second-order valence-corrected chi connectivity index (χ2v) is 9.11. The monoisotopic (exact) mass is 417 g/mol. The Kier molecular flexibility index (Phi) is 4.68. The molecule has 3 aromatic rings. The van der Waals surface area contributed by atoms with Gasteiger partial charge in [-0.25, -0.2) is 8.70 Å². The molecule has 2 heterocycles. The van der Waals surface area contributed by atoms with Crippen LogP contribution in [0.5, 0.6) is 5.75 Å². The molecule has 8 heteroatoms. The van der Waals surface area contributed by atoms with Gasteiger partial charge in [0.05, 0.1) is 18.2 Å². The van der Waals surface area contributed by atoms with Crippen molar-refractivity contribution in [1.29, 1.82) is 0 Å². The molecule has 1 aromatic heterocycles. The molecule has 0 saturated heterocycles. The SMILES string of the molecule is CCOc1ccccc1C1C(=O)N(S(=O)(=O)c2cccs2)c2ccc(F)cc21. The Morgan fingerprint density at radius 3 is 2.61 bits per heavy atom. The second-order valence-electron chi connectivity index (χ2n) is 6.15. The van der Waals surface area contributed by atoms with E-state index >= 15 is 0 Å². The molecule has 1 aliphatic heterocycles. The lowest BCUT2D eigenvalue weighted by Crippen LogP contribution is -2.35. The summed E-state index contributed by atoms with van der Waals surface area (Å²) in [6, 6.07) is 13.6. The summed E-state index contributed by atoms with van der Waals surface area (Å²) in [5, 5.41) is 1.63. The number of rotatable bonds is 5. The highest BCUT2D eigenvalue weighted by Gasteiger charge is 2.46. The molecule has 28 heavy (non-hydrogen) atoms. The number of para-hydroxylation sites is 1. The number of anilines is 1. The summed E-state index contributed by atoms with van der Waals surface area (Å²) in [6.07, 6.45) is 0. The second kappa shape index (κ2) is 7.03. The maximum atomic E-state index is 14.0. The van der Waals surface area contributed by atoms with Crippen LogP contribution in [0.15, 0.2) is 64.2 Å². The van der Waals surface area contributed by atoms with Crippen LogP contribution < -0.4 is 9.04 Å². The molecule has 1 atom stereocenters. The molecule has 0 bridgehead atoms. The molecule has 4 rings (SSSR count). The molecule has 0 N–H and O–H groups in total. The first-order chi connectivity index (χ1) is 13.4. The number of thiophene rings is 1. The van der Waals surface area contributed by atoms with Crippen LogP contribution in [0.1, 0.15) is 24.0 Å². The van der Waals surface area contributed by atoms with Crippen LogP contribution in [0.2, 0.25) is 0 Å². The van der Waals surface area contributed by atoms with Crippen LogP contribution >= 0.6 is 11.3 Å². The third kappa shape index (κ3) is 2.89. The van der Waals surface area contributed by atoms with Gasteiger partial charge < -0.3 is 4.74 Å². The van der Waals surface area contributed by atoms with Crippen molar-refractivity contribution >= 4 is 33.0 Å². The molecule has 1 amide bonds. The van der Waals surface area contributed by atoms with Gasteiger partial charge >= 0.3 is 0 Å². The van der Waals surface area contributed by atoms with Gasteiger partial charge in [-0.3, -0.25) is 4.79 Å². The zero-order valence-corrected chi connectivity index (χ0v) is 16.5. The molecular weight excluding hydrogens is 401 g/mol. The smallest absolute Gasteiger partial charge is 0.280 e. The number of sulfonamides is 1. The maximum absolute atomic E-state index is 14.0. The largest absolute Gasteiger partial charge is 0.494 e. The predicted octanol–water partition coefficient (Wildman–Crippen LogP) is 4.15. The molecule has 0 aliphatic carbocycles. The van der Waals surface area contributed by atoms with E-state index in [2.05, 4.69) is 0 Å². The minimum Gasteiger partial charge on any atom is -0.494 e. The van der Waals surface area contributed by atoms with Crippen molar-refractivity contribution in [1.82, 2.24) is 0 Å². The fourth-order valence-corrected chi connectivity index (χ4v) is 5.89. The van der Waals surface area contributed by atoms with Gasteiger partial charge in [0.2, 0.25) is 0 Å². The quantitative estimate of drug-likeness (QED) is 0.626. The summed E-state index contributed by atoms with van der Waals surface area (Å²) < 4.78 is 46.7. The van der Waals surface area contributed by atoms with E-state index < -0.39 is 27.7 Å². The molecule has 0 saturated carbocycles. The number of halogens is 1. The van der Waals surface area contributed by atoms with Crippen molar-refractivity contribution in [2.75, 3.05) is 10.9 Å². The molecule has 1 aliphatic rings. The molecule has 0 radical (unpaired) electrons. The highest BCUT2D eigenvalue weighted by molar-refractivity contribution is 7.95. The Bertz CT molecular complexity index is 1140. The lowest BCUT2D eigenvalue weighted by Gasteiger charge is -2.18. The molecule has 1 unspecified atom stereocenters. The van der Waals surface area contributed by atoms with Crippen LogP contribution in [-0.4, -0.2) is 20.9 Å². The number of fused-ring (bicyclic) bond motifs is 1. The summed E-state index contributed by atoms with van der Waals surface area (Å²) in [5.41, 5.74) is 0.971. The fraction of sp³-hybridized carbons (Fsp3) is 0.150. The van der Waals surface area contributed by atoms with Gasteiger partial charge in [-0.1, -0.05) is 24.3 Å². The molecule has 5 nitrogen and oxygen atoms in total. The normalized spacial score (nSPS) is 16.3. The Morgan fingerprint density at radius 2 is 1.89 bits per heavy atom. The van der Waals surface area contributed by atoms with Crippen molar-refractivity contribution in [2.24, 2.45) is 0 Å². The number of carbonyl (C=O) groups is 1. The Balaban J connectivity index is 1.92. The minimum absolute atomic E-state index is 0.0508. The predicted molar refractivity (Wildman–Crippen MR) is 105 cm³/mol. The van der Waals surface area contributed by atoms with E-state index in [1.165, 1.54) is 18.2 Å². The van der Waals surface area contributed by atoms with Crippen molar-refractivity contribution in [3.63, 3.8) is 0 Å².